The fraction of sp³-hybridized carbons (Fsp3) is 0.333. The number of rotatable bonds is 1. The molecule has 0 spiro atoms. The normalized spacial score (nSPS) is 21.5. The third-order valence-electron chi connectivity index (χ3n) is 3.30. The molecule has 0 amide bonds. The minimum atomic E-state index is -4.44. The van der Waals surface area contributed by atoms with Crippen LogP contribution in [-0.4, -0.2) is 16.0 Å². The maximum absolute atomic E-state index is 13.2. The van der Waals surface area contributed by atoms with Crippen LogP contribution in [0, 0.1) is 11.3 Å². The molecule has 1 aliphatic heterocycles. The van der Waals surface area contributed by atoms with Crippen LogP contribution in [0.1, 0.15) is 28.9 Å². The number of nitriles is 1. The Balaban J connectivity index is 2.05. The summed E-state index contributed by atoms with van der Waals surface area (Å²) in [5.74, 6) is 0.0978. The standard InChI is InChI=1S/C12H8ClF3N4S/c13-10-2-1-8(21-10)7-3-9(12(14,15)16)20-11(19-7)6(4-17)5-18-20/h1-2,5,7,9,19H,3H2/t7-,9-/m0/s1. The first kappa shape index (κ1) is 14.2. The van der Waals surface area contributed by atoms with E-state index in [9.17, 15) is 13.2 Å². The molecule has 3 heterocycles. The first-order valence-corrected chi connectivity index (χ1v) is 7.15. The second kappa shape index (κ2) is 4.93. The lowest BCUT2D eigenvalue weighted by Crippen LogP contribution is -2.35. The minimum absolute atomic E-state index is 0.0941. The van der Waals surface area contributed by atoms with E-state index in [4.69, 9.17) is 16.9 Å². The van der Waals surface area contributed by atoms with Gasteiger partial charge in [-0.2, -0.15) is 23.5 Å². The van der Waals surface area contributed by atoms with Crippen molar-refractivity contribution in [3.05, 3.63) is 33.1 Å². The van der Waals surface area contributed by atoms with Gasteiger partial charge >= 0.3 is 6.18 Å². The number of anilines is 1. The van der Waals surface area contributed by atoms with Gasteiger partial charge in [0.15, 0.2) is 6.04 Å². The fourth-order valence-electron chi connectivity index (χ4n) is 2.35. The number of hydrogen-bond acceptors (Lipinski definition) is 4. The topological polar surface area (TPSA) is 53.6 Å². The lowest BCUT2D eigenvalue weighted by molar-refractivity contribution is -0.173. The van der Waals surface area contributed by atoms with Crippen LogP contribution >= 0.6 is 22.9 Å². The van der Waals surface area contributed by atoms with E-state index in [0.717, 1.165) is 10.9 Å². The van der Waals surface area contributed by atoms with E-state index in [2.05, 4.69) is 10.4 Å². The summed E-state index contributed by atoms with van der Waals surface area (Å²) < 4.78 is 41.0. The predicted octanol–water partition coefficient (Wildman–Crippen LogP) is 4.13. The molecule has 2 aromatic heterocycles. The zero-order chi connectivity index (χ0) is 15.2. The van der Waals surface area contributed by atoms with Crippen LogP contribution < -0.4 is 5.32 Å². The lowest BCUT2D eigenvalue weighted by atomic mass is 10.0. The van der Waals surface area contributed by atoms with Crippen LogP contribution in [-0.2, 0) is 0 Å². The van der Waals surface area contributed by atoms with Gasteiger partial charge in [-0.3, -0.25) is 0 Å². The minimum Gasteiger partial charge on any atom is -0.361 e. The van der Waals surface area contributed by atoms with Gasteiger partial charge in [-0.15, -0.1) is 11.3 Å². The molecule has 3 rings (SSSR count). The van der Waals surface area contributed by atoms with E-state index in [-0.39, 0.29) is 17.8 Å². The molecule has 2 atom stereocenters. The van der Waals surface area contributed by atoms with Crippen molar-refractivity contribution in [3.63, 3.8) is 0 Å². The maximum Gasteiger partial charge on any atom is 0.410 e. The molecule has 4 nitrogen and oxygen atoms in total. The number of fused-ring (bicyclic) bond motifs is 1. The summed E-state index contributed by atoms with van der Waals surface area (Å²) in [6, 6.07) is 2.87. The molecular formula is C12H8ClF3N4S. The largest absolute Gasteiger partial charge is 0.410 e. The zero-order valence-corrected chi connectivity index (χ0v) is 11.9. The summed E-state index contributed by atoms with van der Waals surface area (Å²) in [4.78, 5) is 0.700. The van der Waals surface area contributed by atoms with Crippen LogP contribution in [0.4, 0.5) is 19.0 Å². The summed E-state index contributed by atoms with van der Waals surface area (Å²) >= 11 is 7.06. The molecular weight excluding hydrogens is 325 g/mol. The Morgan fingerprint density at radius 3 is 2.81 bits per heavy atom. The Morgan fingerprint density at radius 2 is 2.24 bits per heavy atom. The second-order valence-corrected chi connectivity index (χ2v) is 6.34. The highest BCUT2D eigenvalue weighted by atomic mass is 35.5. The number of aromatic nitrogens is 2. The highest BCUT2D eigenvalue weighted by molar-refractivity contribution is 7.16. The summed E-state index contributed by atoms with van der Waals surface area (Å²) in [5, 5.41) is 15.6. The molecule has 0 saturated heterocycles. The van der Waals surface area contributed by atoms with Gasteiger partial charge in [0, 0.05) is 11.3 Å². The number of hydrogen-bond donors (Lipinski definition) is 1. The van der Waals surface area contributed by atoms with Crippen molar-refractivity contribution in [2.45, 2.75) is 24.7 Å². The van der Waals surface area contributed by atoms with Crippen molar-refractivity contribution in [1.82, 2.24) is 9.78 Å². The average molecular weight is 333 g/mol. The van der Waals surface area contributed by atoms with Crippen molar-refractivity contribution < 1.29 is 13.2 Å². The molecule has 0 radical (unpaired) electrons. The Kier molecular flexibility index (Phi) is 3.34. The van der Waals surface area contributed by atoms with Gasteiger partial charge in [-0.1, -0.05) is 11.6 Å². The smallest absolute Gasteiger partial charge is 0.361 e. The number of nitrogens with one attached hydrogen (secondary N) is 1. The zero-order valence-electron chi connectivity index (χ0n) is 10.4. The van der Waals surface area contributed by atoms with Gasteiger partial charge < -0.3 is 5.32 Å². The molecule has 1 N–H and O–H groups in total. The molecule has 0 unspecified atom stereocenters. The molecule has 0 fully saturated rings. The van der Waals surface area contributed by atoms with Crippen molar-refractivity contribution >= 4 is 28.8 Å². The Morgan fingerprint density at radius 1 is 1.48 bits per heavy atom. The molecule has 21 heavy (non-hydrogen) atoms. The highest BCUT2D eigenvalue weighted by Gasteiger charge is 2.47. The van der Waals surface area contributed by atoms with Crippen LogP contribution in [0.15, 0.2) is 18.3 Å². The van der Waals surface area contributed by atoms with Crippen molar-refractivity contribution in [2.75, 3.05) is 5.32 Å². The third-order valence-corrected chi connectivity index (χ3v) is 4.64. The van der Waals surface area contributed by atoms with E-state index in [0.29, 0.717) is 9.21 Å². The molecule has 9 heteroatoms. The van der Waals surface area contributed by atoms with Crippen LogP contribution in [0.5, 0.6) is 0 Å². The van der Waals surface area contributed by atoms with E-state index >= 15 is 0 Å². The molecule has 2 aromatic rings. The number of nitrogens with zero attached hydrogens (tertiary/aromatic N) is 3. The average Bonchev–Trinajstić information content (AvgIpc) is 3.02. The first-order chi connectivity index (χ1) is 9.90. The second-order valence-electron chi connectivity index (χ2n) is 4.60. The predicted molar refractivity (Wildman–Crippen MR) is 72.3 cm³/mol. The number of halogens is 4. The number of alkyl halides is 3. The van der Waals surface area contributed by atoms with Crippen molar-refractivity contribution in [1.29, 1.82) is 5.26 Å². The van der Waals surface area contributed by atoms with Crippen LogP contribution in [0.25, 0.3) is 0 Å². The summed E-state index contributed by atoms with van der Waals surface area (Å²) in [7, 11) is 0. The van der Waals surface area contributed by atoms with Gasteiger partial charge in [0.1, 0.15) is 17.5 Å². The number of thiophene rings is 1. The quantitative estimate of drug-likeness (QED) is 0.854. The Hall–Kier alpha value is -1.72. The third kappa shape index (κ3) is 2.47. The van der Waals surface area contributed by atoms with Gasteiger partial charge in [0.05, 0.1) is 16.6 Å². The van der Waals surface area contributed by atoms with E-state index < -0.39 is 18.3 Å². The van der Waals surface area contributed by atoms with Crippen molar-refractivity contribution in [2.24, 2.45) is 0 Å². The van der Waals surface area contributed by atoms with Gasteiger partial charge in [0.25, 0.3) is 0 Å². The van der Waals surface area contributed by atoms with Crippen LogP contribution in [0.2, 0.25) is 4.34 Å². The van der Waals surface area contributed by atoms with E-state index in [1.165, 1.54) is 11.3 Å². The maximum atomic E-state index is 13.2. The first-order valence-electron chi connectivity index (χ1n) is 5.96. The monoisotopic (exact) mass is 332 g/mol. The fourth-order valence-corrected chi connectivity index (χ4v) is 3.47. The van der Waals surface area contributed by atoms with Crippen LogP contribution in [0.3, 0.4) is 0 Å². The molecule has 1 aliphatic rings. The molecule has 0 saturated carbocycles. The Labute approximate surface area is 126 Å². The molecule has 0 aliphatic carbocycles. The summed E-state index contributed by atoms with van der Waals surface area (Å²) in [6.07, 6.45) is -3.49. The van der Waals surface area contributed by atoms with Gasteiger partial charge in [0.2, 0.25) is 0 Å². The molecule has 110 valence electrons. The molecule has 0 aromatic carbocycles. The SMILES string of the molecule is N#Cc1cnn2c1N[C@H](c1ccc(Cl)s1)C[C@H]2C(F)(F)F. The molecule has 0 bridgehead atoms. The van der Waals surface area contributed by atoms with Crippen molar-refractivity contribution in [3.8, 4) is 6.07 Å². The summed E-state index contributed by atoms with van der Waals surface area (Å²) in [5.41, 5.74) is 0.0941. The lowest BCUT2D eigenvalue weighted by Gasteiger charge is -2.33. The van der Waals surface area contributed by atoms with Gasteiger partial charge in [-0.25, -0.2) is 4.68 Å². The Bertz CT molecular complexity index is 715. The summed E-state index contributed by atoms with van der Waals surface area (Å²) in [6.45, 7) is 0. The van der Waals surface area contributed by atoms with Gasteiger partial charge in [-0.05, 0) is 12.1 Å². The highest BCUT2D eigenvalue weighted by Crippen LogP contribution is 2.45. The van der Waals surface area contributed by atoms with E-state index in [1.807, 2.05) is 6.07 Å². The van der Waals surface area contributed by atoms with E-state index in [1.54, 1.807) is 12.1 Å².